The van der Waals surface area contributed by atoms with Crippen LogP contribution in [0.2, 0.25) is 0 Å². The van der Waals surface area contributed by atoms with Crippen LogP contribution in [0.25, 0.3) is 0 Å². The summed E-state index contributed by atoms with van der Waals surface area (Å²) >= 11 is 0. The molecule has 2 heterocycles. The van der Waals surface area contributed by atoms with E-state index in [1.54, 1.807) is 11.0 Å². The summed E-state index contributed by atoms with van der Waals surface area (Å²) in [5.74, 6) is -2.97. The zero-order valence-electron chi connectivity index (χ0n) is 25.0. The Morgan fingerprint density at radius 3 is 2.50 bits per heavy atom. The summed E-state index contributed by atoms with van der Waals surface area (Å²) < 4.78 is 29.7. The highest BCUT2D eigenvalue weighted by atomic mass is 32.2. The normalized spacial score (nSPS) is 20.1. The molecule has 2 amide bonds. The van der Waals surface area contributed by atoms with Crippen molar-refractivity contribution >= 4 is 45.4 Å². The molecule has 1 aromatic carbocycles. The van der Waals surface area contributed by atoms with Crippen LogP contribution >= 0.6 is 0 Å². The quantitative estimate of drug-likeness (QED) is 0.128. The third kappa shape index (κ3) is 10.1. The highest BCUT2D eigenvalue weighted by Gasteiger charge is 2.40. The summed E-state index contributed by atoms with van der Waals surface area (Å²) in [6, 6.07) is 3.17. The number of carbonyl (C=O) groups is 4. The SMILES string of the molecule is CC(=O)O.CC1CNc2c(cccc2S(=O)(=O)N[C@@H](CC(=O)NC[C@@H]2CCCN(C(=N)N)C2)C(=O)N(CC(=O)O)C2CC2)C1. The van der Waals surface area contributed by atoms with Gasteiger partial charge in [-0.3, -0.25) is 24.6 Å². The Labute approximate surface area is 257 Å². The van der Waals surface area contributed by atoms with Crippen LogP contribution in [0.5, 0.6) is 0 Å². The molecule has 1 aromatic rings. The number of aliphatic carboxylic acids is 2. The minimum Gasteiger partial charge on any atom is -0.481 e. The number of hydrogen-bond donors (Lipinski definition) is 7. The van der Waals surface area contributed by atoms with Crippen LogP contribution in [0.15, 0.2) is 23.1 Å². The van der Waals surface area contributed by atoms with Crippen LogP contribution in [0.3, 0.4) is 0 Å². The van der Waals surface area contributed by atoms with Crippen molar-refractivity contribution in [3.05, 3.63) is 23.8 Å². The molecule has 3 aliphatic rings. The number of anilines is 1. The first-order valence-electron chi connectivity index (χ1n) is 14.6. The average Bonchev–Trinajstić information content (AvgIpc) is 3.79. The van der Waals surface area contributed by atoms with Crippen LogP contribution in [-0.4, -0.2) is 103 Å². The van der Waals surface area contributed by atoms with Gasteiger partial charge in [0.2, 0.25) is 21.8 Å². The van der Waals surface area contributed by atoms with E-state index in [4.69, 9.17) is 21.0 Å². The third-order valence-electron chi connectivity index (χ3n) is 7.61. The molecule has 8 N–H and O–H groups in total. The average molecular weight is 638 g/mol. The van der Waals surface area contributed by atoms with Crippen LogP contribution in [0.4, 0.5) is 5.69 Å². The van der Waals surface area contributed by atoms with Crippen LogP contribution < -0.4 is 21.1 Å². The summed E-state index contributed by atoms with van der Waals surface area (Å²) in [6.45, 7) is 4.64. The van der Waals surface area contributed by atoms with Crippen molar-refractivity contribution in [2.75, 3.05) is 38.0 Å². The number of carboxylic acid groups (broad SMARTS) is 2. The van der Waals surface area contributed by atoms with Gasteiger partial charge in [-0.15, -0.1) is 0 Å². The molecule has 0 radical (unpaired) electrons. The number of piperidine rings is 1. The molecule has 16 heteroatoms. The minimum atomic E-state index is -4.26. The molecular weight excluding hydrogens is 594 g/mol. The molecule has 1 saturated heterocycles. The Bertz CT molecular complexity index is 1350. The number of nitrogens with one attached hydrogen (secondary N) is 4. The van der Waals surface area contributed by atoms with Crippen molar-refractivity contribution < 1.29 is 37.8 Å². The Morgan fingerprint density at radius 1 is 1.20 bits per heavy atom. The molecule has 1 saturated carbocycles. The number of rotatable bonds is 11. The molecule has 4 rings (SSSR count). The van der Waals surface area contributed by atoms with Crippen LogP contribution in [0.1, 0.15) is 51.5 Å². The zero-order valence-corrected chi connectivity index (χ0v) is 25.9. The van der Waals surface area contributed by atoms with Gasteiger partial charge in [0.05, 0.1) is 12.1 Å². The lowest BCUT2D eigenvalue weighted by molar-refractivity contribution is -0.146. The molecule has 0 spiro atoms. The van der Waals surface area contributed by atoms with E-state index in [0.717, 1.165) is 30.2 Å². The lowest BCUT2D eigenvalue weighted by Gasteiger charge is -2.33. The van der Waals surface area contributed by atoms with Crippen molar-refractivity contribution in [3.63, 3.8) is 0 Å². The van der Waals surface area contributed by atoms with Gasteiger partial charge >= 0.3 is 5.97 Å². The maximum Gasteiger partial charge on any atom is 0.323 e. The van der Waals surface area contributed by atoms with E-state index in [2.05, 4.69) is 22.3 Å². The summed E-state index contributed by atoms with van der Waals surface area (Å²) in [6.07, 6.45) is 3.11. The van der Waals surface area contributed by atoms with Gasteiger partial charge in [0, 0.05) is 39.1 Å². The lowest BCUT2D eigenvalue weighted by atomic mass is 9.96. The number of amides is 2. The maximum absolute atomic E-state index is 13.6. The van der Waals surface area contributed by atoms with Crippen LogP contribution in [-0.2, 0) is 35.6 Å². The molecular formula is C28H43N7O8S. The first kappa shape index (κ1) is 34.6. The Hall–Kier alpha value is -3.92. The molecule has 0 aromatic heterocycles. The fraction of sp³-hybridized carbons (Fsp3) is 0.607. The Balaban J connectivity index is 0.00000124. The van der Waals surface area contributed by atoms with Gasteiger partial charge in [-0.2, -0.15) is 4.72 Å². The predicted molar refractivity (Wildman–Crippen MR) is 161 cm³/mol. The summed E-state index contributed by atoms with van der Waals surface area (Å²) in [4.78, 5) is 49.9. The van der Waals surface area contributed by atoms with Crippen molar-refractivity contribution in [1.82, 2.24) is 19.8 Å². The number of guanidine groups is 1. The molecule has 244 valence electrons. The lowest BCUT2D eigenvalue weighted by Crippen LogP contribution is -2.52. The number of nitrogens with two attached hydrogens (primary N) is 1. The van der Waals surface area contributed by atoms with Crippen molar-refractivity contribution in [1.29, 1.82) is 5.41 Å². The van der Waals surface area contributed by atoms with Gasteiger partial charge in [-0.1, -0.05) is 19.1 Å². The van der Waals surface area contributed by atoms with E-state index in [0.29, 0.717) is 50.5 Å². The third-order valence-corrected chi connectivity index (χ3v) is 9.12. The second-order valence-electron chi connectivity index (χ2n) is 11.6. The maximum atomic E-state index is 13.6. The number of carbonyl (C=O) groups excluding carboxylic acids is 2. The van der Waals surface area contributed by atoms with Crippen molar-refractivity contribution in [2.24, 2.45) is 17.6 Å². The fourth-order valence-electron chi connectivity index (χ4n) is 5.41. The second kappa shape index (κ2) is 15.2. The molecule has 1 unspecified atom stereocenters. The predicted octanol–water partition coefficient (Wildman–Crippen LogP) is 0.216. The molecule has 2 aliphatic heterocycles. The molecule has 1 aliphatic carbocycles. The van der Waals surface area contributed by atoms with E-state index in [-0.39, 0.29) is 29.4 Å². The minimum absolute atomic E-state index is 0.0159. The summed E-state index contributed by atoms with van der Waals surface area (Å²) in [5, 5.41) is 30.4. The molecule has 0 bridgehead atoms. The van der Waals surface area contributed by atoms with Gasteiger partial charge in [0.1, 0.15) is 17.5 Å². The smallest absolute Gasteiger partial charge is 0.323 e. The van der Waals surface area contributed by atoms with Gasteiger partial charge < -0.3 is 36.4 Å². The monoisotopic (exact) mass is 637 g/mol. The van der Waals surface area contributed by atoms with E-state index < -0.39 is 52.8 Å². The van der Waals surface area contributed by atoms with E-state index in [9.17, 15) is 27.9 Å². The number of fused-ring (bicyclic) bond motifs is 1. The molecule has 44 heavy (non-hydrogen) atoms. The van der Waals surface area contributed by atoms with E-state index in [1.165, 1.54) is 6.07 Å². The van der Waals surface area contributed by atoms with Crippen molar-refractivity contribution in [2.45, 2.75) is 69.4 Å². The summed E-state index contributed by atoms with van der Waals surface area (Å²) in [5.41, 5.74) is 6.92. The molecule has 15 nitrogen and oxygen atoms in total. The number of sulfonamides is 1. The second-order valence-corrected chi connectivity index (χ2v) is 13.3. The highest BCUT2D eigenvalue weighted by Crippen LogP contribution is 2.32. The van der Waals surface area contributed by atoms with Gasteiger partial charge in [-0.05, 0) is 55.6 Å². The number of benzene rings is 1. The first-order valence-corrected chi connectivity index (χ1v) is 16.1. The van der Waals surface area contributed by atoms with Gasteiger partial charge in [0.25, 0.3) is 5.97 Å². The number of hydrogen-bond acceptors (Lipinski definition) is 8. The van der Waals surface area contributed by atoms with E-state index >= 15 is 0 Å². The van der Waals surface area contributed by atoms with E-state index in [1.807, 2.05) is 6.07 Å². The van der Waals surface area contributed by atoms with Gasteiger partial charge in [-0.25, -0.2) is 8.42 Å². The Morgan fingerprint density at radius 2 is 1.89 bits per heavy atom. The summed E-state index contributed by atoms with van der Waals surface area (Å²) in [7, 11) is -4.26. The fourth-order valence-corrected chi connectivity index (χ4v) is 6.83. The first-order chi connectivity index (χ1) is 20.7. The highest BCUT2D eigenvalue weighted by molar-refractivity contribution is 7.89. The number of nitrogens with zero attached hydrogens (tertiary/aromatic N) is 2. The molecule has 2 fully saturated rings. The van der Waals surface area contributed by atoms with Crippen LogP contribution in [0, 0.1) is 17.2 Å². The van der Waals surface area contributed by atoms with Crippen molar-refractivity contribution in [3.8, 4) is 0 Å². The zero-order chi connectivity index (χ0) is 32.6. The topological polar surface area (TPSA) is 235 Å². The molecule has 3 atom stereocenters. The number of carboxylic acids is 2. The van der Waals surface area contributed by atoms with Gasteiger partial charge in [0.15, 0.2) is 5.96 Å². The standard InChI is InChI=1S/C26H39N7O6S.C2H4O2/c1-16-10-18-5-2-6-21(24(18)30-12-16)40(38,39)31-20(25(37)33(15-23(35)36)19-7-8-19)11-22(34)29-13-17-4-3-9-32(14-17)26(27)28;1-2(3)4/h2,5-6,16-17,19-20,30-31H,3-4,7-15H2,1H3,(H3,27,28)(H,29,34)(H,35,36);1H3,(H,3,4)/t16?,17-,20-;/m0./s1. The number of para-hydroxylation sites is 1. The Kier molecular flexibility index (Phi) is 11.9. The largest absolute Gasteiger partial charge is 0.481 e. The number of likely N-dealkylation sites (tertiary alicyclic amines) is 1.